The highest BCUT2D eigenvalue weighted by Gasteiger charge is 2.62. The zero-order valence-electron chi connectivity index (χ0n) is 20.1. The molecule has 1 N–H and O–H groups in total. The molecule has 1 aliphatic heterocycles. The van der Waals surface area contributed by atoms with Crippen LogP contribution in [0.15, 0.2) is 42.1 Å². The third-order valence-electron chi connectivity index (χ3n) is 5.87. The van der Waals surface area contributed by atoms with Crippen molar-refractivity contribution in [3.05, 3.63) is 47.4 Å². The van der Waals surface area contributed by atoms with Crippen LogP contribution in [0.3, 0.4) is 0 Å². The van der Waals surface area contributed by atoms with Crippen LogP contribution in [0.4, 0.5) is 10.5 Å². The Morgan fingerprint density at radius 2 is 1.86 bits per heavy atom. The van der Waals surface area contributed by atoms with Gasteiger partial charge in [-0.05, 0) is 56.6 Å². The lowest BCUT2D eigenvalue weighted by molar-refractivity contribution is -0.147. The first-order valence-corrected chi connectivity index (χ1v) is 11.1. The number of methoxy groups -OCH3 is 1. The molecular formula is C24H29N3O8. The molecule has 0 radical (unpaired) electrons. The van der Waals surface area contributed by atoms with Gasteiger partial charge >= 0.3 is 18.0 Å². The van der Waals surface area contributed by atoms with E-state index >= 15 is 0 Å². The van der Waals surface area contributed by atoms with Crippen molar-refractivity contribution in [3.63, 3.8) is 0 Å². The molecule has 0 aromatic heterocycles. The monoisotopic (exact) mass is 487 g/mol. The lowest BCUT2D eigenvalue weighted by Gasteiger charge is -2.28. The standard InChI is InChI=1S/C24H29N3O8/c1-6-15-12-24(15,21(30)33-5)25-19(28)18-11-17(13-27(18)22(31)35-23(2,3)4)34-20(29)14-7-9-16(26-32)10-8-14/h6-10,15,17-18H,1,11-13H2,2-5H3,(H,25,28)/t15-,17+,18+,24-/m1/s1. The van der Waals surface area contributed by atoms with Gasteiger partial charge in [0.25, 0.3) is 0 Å². The van der Waals surface area contributed by atoms with E-state index in [0.29, 0.717) is 6.42 Å². The van der Waals surface area contributed by atoms with Crippen LogP contribution in [0.1, 0.15) is 44.0 Å². The van der Waals surface area contributed by atoms with Gasteiger partial charge in [0.05, 0.1) is 19.2 Å². The first-order chi connectivity index (χ1) is 16.4. The molecule has 0 bridgehead atoms. The van der Waals surface area contributed by atoms with E-state index in [2.05, 4.69) is 17.1 Å². The van der Waals surface area contributed by atoms with Gasteiger partial charge in [-0.15, -0.1) is 11.5 Å². The Morgan fingerprint density at radius 3 is 2.37 bits per heavy atom. The number of hydrogen-bond acceptors (Lipinski definition) is 9. The molecule has 1 aromatic rings. The highest BCUT2D eigenvalue weighted by atomic mass is 16.6. The average molecular weight is 488 g/mol. The van der Waals surface area contributed by atoms with Gasteiger partial charge in [-0.3, -0.25) is 9.69 Å². The van der Waals surface area contributed by atoms with Gasteiger partial charge in [0.1, 0.15) is 29.0 Å². The minimum atomic E-state index is -1.24. The van der Waals surface area contributed by atoms with Crippen LogP contribution in [0, 0.1) is 10.8 Å². The number of nitrogens with one attached hydrogen (secondary N) is 1. The summed E-state index contributed by atoms with van der Waals surface area (Å²) in [6.45, 7) is 8.68. The molecule has 11 nitrogen and oxygen atoms in total. The normalized spacial score (nSPS) is 25.3. The molecule has 3 rings (SSSR count). The van der Waals surface area contributed by atoms with Gasteiger partial charge in [-0.25, -0.2) is 14.4 Å². The molecule has 1 aromatic carbocycles. The maximum atomic E-state index is 13.3. The minimum absolute atomic E-state index is 0.000795. The van der Waals surface area contributed by atoms with Crippen molar-refractivity contribution in [1.82, 2.24) is 10.2 Å². The van der Waals surface area contributed by atoms with Crippen molar-refractivity contribution in [2.45, 2.75) is 56.9 Å². The molecule has 188 valence electrons. The van der Waals surface area contributed by atoms with E-state index in [1.165, 1.54) is 36.3 Å². The summed E-state index contributed by atoms with van der Waals surface area (Å²) in [6.07, 6.45) is 0.339. The van der Waals surface area contributed by atoms with Crippen molar-refractivity contribution in [2.75, 3.05) is 13.7 Å². The van der Waals surface area contributed by atoms with Crippen molar-refractivity contribution in [2.24, 2.45) is 11.1 Å². The summed E-state index contributed by atoms with van der Waals surface area (Å²) in [5, 5.41) is 5.49. The molecule has 0 unspecified atom stereocenters. The molecule has 4 atom stereocenters. The molecule has 2 amide bonds. The number of ether oxygens (including phenoxy) is 3. The second-order valence-corrected chi connectivity index (χ2v) is 9.55. The second kappa shape index (κ2) is 9.85. The molecule has 1 aliphatic carbocycles. The number of nitrogens with zero attached hydrogens (tertiary/aromatic N) is 2. The van der Waals surface area contributed by atoms with Gasteiger partial charge in [0, 0.05) is 12.3 Å². The highest BCUT2D eigenvalue weighted by molar-refractivity contribution is 5.95. The predicted octanol–water partition coefficient (Wildman–Crippen LogP) is 2.85. The van der Waals surface area contributed by atoms with Crippen molar-refractivity contribution in [1.29, 1.82) is 0 Å². The number of rotatable bonds is 7. The van der Waals surface area contributed by atoms with Crippen LogP contribution in [0.25, 0.3) is 0 Å². The fourth-order valence-electron chi connectivity index (χ4n) is 4.02. The zero-order chi connectivity index (χ0) is 26.0. The predicted molar refractivity (Wildman–Crippen MR) is 124 cm³/mol. The largest absolute Gasteiger partial charge is 0.467 e. The summed E-state index contributed by atoms with van der Waals surface area (Å²) >= 11 is 0. The summed E-state index contributed by atoms with van der Waals surface area (Å²) in [5.41, 5.74) is -1.71. The number of likely N-dealkylation sites (tertiary alicyclic amines) is 1. The molecule has 0 spiro atoms. The molecule has 11 heteroatoms. The highest BCUT2D eigenvalue weighted by Crippen LogP contribution is 2.45. The first kappa shape index (κ1) is 25.9. The van der Waals surface area contributed by atoms with E-state index in [1.54, 1.807) is 26.8 Å². The van der Waals surface area contributed by atoms with Gasteiger partial charge in [-0.1, -0.05) is 6.08 Å². The number of carbonyl (C=O) groups excluding carboxylic acids is 4. The van der Waals surface area contributed by atoms with Gasteiger partial charge in [0.15, 0.2) is 0 Å². The van der Waals surface area contributed by atoms with Crippen molar-refractivity contribution in [3.8, 4) is 0 Å². The maximum Gasteiger partial charge on any atom is 0.411 e. The minimum Gasteiger partial charge on any atom is -0.467 e. The molecule has 35 heavy (non-hydrogen) atoms. The Morgan fingerprint density at radius 1 is 1.20 bits per heavy atom. The van der Waals surface area contributed by atoms with E-state index in [9.17, 15) is 24.1 Å². The summed E-state index contributed by atoms with van der Waals surface area (Å²) in [5.74, 6) is -2.18. The topological polar surface area (TPSA) is 141 Å². The van der Waals surface area contributed by atoms with Crippen LogP contribution in [0.5, 0.6) is 0 Å². The molecular weight excluding hydrogens is 458 g/mol. The number of amides is 2. The first-order valence-electron chi connectivity index (χ1n) is 11.1. The number of benzene rings is 1. The third-order valence-corrected chi connectivity index (χ3v) is 5.87. The Labute approximate surface area is 202 Å². The molecule has 1 saturated heterocycles. The van der Waals surface area contributed by atoms with Gasteiger partial charge in [-0.2, -0.15) is 0 Å². The maximum absolute atomic E-state index is 13.3. The van der Waals surface area contributed by atoms with Gasteiger partial charge < -0.3 is 19.5 Å². The van der Waals surface area contributed by atoms with Gasteiger partial charge in [0.2, 0.25) is 5.91 Å². The Kier molecular flexibility index (Phi) is 7.27. The van der Waals surface area contributed by atoms with Crippen LogP contribution in [-0.4, -0.2) is 65.8 Å². The summed E-state index contributed by atoms with van der Waals surface area (Å²) < 4.78 is 15.8. The quantitative estimate of drug-likeness (QED) is 0.268. The molecule has 2 fully saturated rings. The fourth-order valence-corrected chi connectivity index (χ4v) is 4.02. The SMILES string of the molecule is C=C[C@@H]1C[C@]1(NC(=O)[C@@H]1C[C@H](OC(=O)c2ccc(N=O)cc2)CN1C(=O)OC(C)(C)C)C(=O)OC. The summed E-state index contributed by atoms with van der Waals surface area (Å²) in [6, 6.07) is 4.49. The van der Waals surface area contributed by atoms with Crippen LogP contribution in [0.2, 0.25) is 0 Å². The Bertz CT molecular complexity index is 1030. The van der Waals surface area contributed by atoms with Crippen molar-refractivity contribution >= 4 is 29.6 Å². The molecule has 2 aliphatic rings. The smallest absolute Gasteiger partial charge is 0.411 e. The van der Waals surface area contributed by atoms with Crippen molar-refractivity contribution < 1.29 is 33.4 Å². The van der Waals surface area contributed by atoms with Crippen LogP contribution >= 0.6 is 0 Å². The van der Waals surface area contributed by atoms with E-state index in [4.69, 9.17) is 14.2 Å². The van der Waals surface area contributed by atoms with Crippen LogP contribution in [-0.2, 0) is 23.8 Å². The molecule has 1 heterocycles. The van der Waals surface area contributed by atoms with E-state index in [0.717, 1.165) is 0 Å². The Hall–Kier alpha value is -3.76. The Balaban J connectivity index is 1.77. The molecule has 1 saturated carbocycles. The number of carbonyl (C=O) groups is 4. The third kappa shape index (κ3) is 5.67. The zero-order valence-corrected chi connectivity index (χ0v) is 20.1. The number of hydrogen-bond donors (Lipinski definition) is 1. The fraction of sp³-hybridized carbons (Fsp3) is 0.500. The summed E-state index contributed by atoms with van der Waals surface area (Å²) in [4.78, 5) is 62.8. The number of esters is 2. The van der Waals surface area contributed by atoms with E-state index < -0.39 is 47.2 Å². The lowest BCUT2D eigenvalue weighted by Crippen LogP contribution is -2.53. The number of nitroso groups, excluding NO2 is 1. The average Bonchev–Trinajstić information content (AvgIpc) is 3.36. The summed E-state index contributed by atoms with van der Waals surface area (Å²) in [7, 11) is 1.23. The van der Waals surface area contributed by atoms with E-state index in [-0.39, 0.29) is 30.1 Å². The van der Waals surface area contributed by atoms with E-state index in [1.807, 2.05) is 0 Å². The second-order valence-electron chi connectivity index (χ2n) is 9.55. The van der Waals surface area contributed by atoms with Crippen LogP contribution < -0.4 is 5.32 Å². The lowest BCUT2D eigenvalue weighted by atomic mass is 10.1.